The molecule has 0 N–H and O–H groups in total. The SMILES string of the molecule is CC1(CS(=O)(=O)Cl)CCCCC1. The average Bonchev–Trinajstić information content (AvgIpc) is 1.83. The summed E-state index contributed by atoms with van der Waals surface area (Å²) in [5, 5.41) is 0. The second kappa shape index (κ2) is 3.54. The van der Waals surface area contributed by atoms with Crippen LogP contribution in [0.15, 0.2) is 0 Å². The van der Waals surface area contributed by atoms with Gasteiger partial charge in [0.25, 0.3) is 0 Å². The minimum absolute atomic E-state index is 0.0567. The Morgan fingerprint density at radius 1 is 1.25 bits per heavy atom. The average molecular weight is 211 g/mol. The maximum atomic E-state index is 10.9. The van der Waals surface area contributed by atoms with Gasteiger partial charge in [-0.1, -0.05) is 26.2 Å². The maximum Gasteiger partial charge on any atom is 0.233 e. The van der Waals surface area contributed by atoms with Gasteiger partial charge in [0.05, 0.1) is 5.75 Å². The second-order valence-electron chi connectivity index (χ2n) is 4.05. The van der Waals surface area contributed by atoms with Crippen molar-refractivity contribution in [2.24, 2.45) is 5.41 Å². The van der Waals surface area contributed by atoms with Crippen molar-refractivity contribution in [3.05, 3.63) is 0 Å². The number of halogens is 1. The number of hydrogen-bond donors (Lipinski definition) is 0. The van der Waals surface area contributed by atoms with E-state index in [0.29, 0.717) is 0 Å². The predicted molar refractivity (Wildman–Crippen MR) is 50.8 cm³/mol. The Kier molecular flexibility index (Phi) is 3.05. The van der Waals surface area contributed by atoms with Gasteiger partial charge in [-0.3, -0.25) is 0 Å². The van der Waals surface area contributed by atoms with Crippen LogP contribution in [0.25, 0.3) is 0 Å². The largest absolute Gasteiger partial charge is 0.233 e. The van der Waals surface area contributed by atoms with Crippen LogP contribution in [0.1, 0.15) is 39.0 Å². The van der Waals surface area contributed by atoms with Crippen molar-refractivity contribution in [3.63, 3.8) is 0 Å². The van der Waals surface area contributed by atoms with Gasteiger partial charge in [0.2, 0.25) is 9.05 Å². The fraction of sp³-hybridized carbons (Fsp3) is 1.00. The van der Waals surface area contributed by atoms with Gasteiger partial charge in [0, 0.05) is 10.7 Å². The van der Waals surface area contributed by atoms with Crippen molar-refractivity contribution in [3.8, 4) is 0 Å². The molecule has 72 valence electrons. The summed E-state index contributed by atoms with van der Waals surface area (Å²) in [6.07, 6.45) is 5.52. The van der Waals surface area contributed by atoms with Crippen LogP contribution in [0.2, 0.25) is 0 Å². The zero-order valence-electron chi connectivity index (χ0n) is 7.35. The first-order valence-corrected chi connectivity index (χ1v) is 6.82. The molecule has 0 aromatic rings. The summed E-state index contributed by atoms with van der Waals surface area (Å²) in [5.41, 5.74) is -0.0567. The van der Waals surface area contributed by atoms with Gasteiger partial charge in [-0.25, -0.2) is 8.42 Å². The fourth-order valence-electron chi connectivity index (χ4n) is 1.97. The van der Waals surface area contributed by atoms with Gasteiger partial charge in [0.1, 0.15) is 0 Å². The van der Waals surface area contributed by atoms with Crippen molar-refractivity contribution in [2.45, 2.75) is 39.0 Å². The number of rotatable bonds is 2. The van der Waals surface area contributed by atoms with Crippen LogP contribution < -0.4 is 0 Å². The molecular weight excluding hydrogens is 196 g/mol. The molecule has 1 rings (SSSR count). The molecule has 4 heteroatoms. The van der Waals surface area contributed by atoms with E-state index in [1.54, 1.807) is 0 Å². The summed E-state index contributed by atoms with van der Waals surface area (Å²) in [6, 6.07) is 0. The molecule has 0 atom stereocenters. The molecule has 2 nitrogen and oxygen atoms in total. The third kappa shape index (κ3) is 3.31. The first-order chi connectivity index (χ1) is 5.41. The van der Waals surface area contributed by atoms with E-state index in [2.05, 4.69) is 0 Å². The normalized spacial score (nSPS) is 23.8. The molecule has 1 saturated carbocycles. The molecule has 0 spiro atoms. The Labute approximate surface area is 78.7 Å². The Morgan fingerprint density at radius 2 is 1.75 bits per heavy atom. The highest BCUT2D eigenvalue weighted by atomic mass is 35.7. The molecule has 0 aliphatic heterocycles. The molecule has 0 heterocycles. The lowest BCUT2D eigenvalue weighted by Crippen LogP contribution is -2.27. The minimum atomic E-state index is -3.31. The summed E-state index contributed by atoms with van der Waals surface area (Å²) in [7, 11) is 1.92. The monoisotopic (exact) mass is 210 g/mol. The topological polar surface area (TPSA) is 34.1 Å². The Bertz CT molecular complexity index is 240. The molecule has 0 bridgehead atoms. The van der Waals surface area contributed by atoms with Crippen LogP contribution in [0.4, 0.5) is 0 Å². The molecule has 0 amide bonds. The highest BCUT2D eigenvalue weighted by molar-refractivity contribution is 8.13. The highest BCUT2D eigenvalue weighted by Gasteiger charge is 2.31. The molecule has 0 unspecified atom stereocenters. The zero-order valence-corrected chi connectivity index (χ0v) is 8.92. The zero-order chi connectivity index (χ0) is 9.24. The van der Waals surface area contributed by atoms with Gasteiger partial charge in [-0.05, 0) is 18.3 Å². The van der Waals surface area contributed by atoms with E-state index in [9.17, 15) is 8.42 Å². The lowest BCUT2D eigenvalue weighted by atomic mass is 9.77. The lowest BCUT2D eigenvalue weighted by Gasteiger charge is -2.32. The summed E-state index contributed by atoms with van der Waals surface area (Å²) in [6.45, 7) is 2.02. The Balaban J connectivity index is 2.59. The molecule has 0 saturated heterocycles. The van der Waals surface area contributed by atoms with E-state index in [1.807, 2.05) is 6.92 Å². The summed E-state index contributed by atoms with van der Waals surface area (Å²) in [4.78, 5) is 0. The van der Waals surface area contributed by atoms with Crippen molar-refractivity contribution in [2.75, 3.05) is 5.75 Å². The molecule has 1 aliphatic carbocycles. The van der Waals surface area contributed by atoms with Gasteiger partial charge in [-0.2, -0.15) is 0 Å². The fourth-order valence-corrected chi connectivity index (χ4v) is 3.88. The van der Waals surface area contributed by atoms with E-state index in [1.165, 1.54) is 6.42 Å². The molecule has 1 fully saturated rings. The van der Waals surface area contributed by atoms with Crippen LogP contribution in [0, 0.1) is 5.41 Å². The van der Waals surface area contributed by atoms with Crippen LogP contribution in [0.3, 0.4) is 0 Å². The van der Waals surface area contributed by atoms with Crippen molar-refractivity contribution >= 4 is 19.7 Å². The second-order valence-corrected chi connectivity index (χ2v) is 6.83. The summed E-state index contributed by atoms with van der Waals surface area (Å²) < 4.78 is 21.7. The van der Waals surface area contributed by atoms with E-state index >= 15 is 0 Å². The summed E-state index contributed by atoms with van der Waals surface area (Å²) >= 11 is 0. The van der Waals surface area contributed by atoms with Crippen molar-refractivity contribution in [1.82, 2.24) is 0 Å². The van der Waals surface area contributed by atoms with Crippen LogP contribution in [-0.4, -0.2) is 14.2 Å². The van der Waals surface area contributed by atoms with E-state index in [0.717, 1.165) is 25.7 Å². The van der Waals surface area contributed by atoms with Crippen LogP contribution in [-0.2, 0) is 9.05 Å². The maximum absolute atomic E-state index is 10.9. The molecule has 12 heavy (non-hydrogen) atoms. The molecule has 1 aliphatic rings. The molecule has 0 aromatic heterocycles. The molecule has 0 radical (unpaired) electrons. The Morgan fingerprint density at radius 3 is 2.17 bits per heavy atom. The first-order valence-electron chi connectivity index (χ1n) is 4.34. The standard InChI is InChI=1S/C8H15ClO2S/c1-8(7-12(9,10)11)5-3-2-4-6-8/h2-7H2,1H3. The van der Waals surface area contributed by atoms with E-state index in [-0.39, 0.29) is 11.2 Å². The van der Waals surface area contributed by atoms with Gasteiger partial charge >= 0.3 is 0 Å². The molecule has 0 aromatic carbocycles. The quantitative estimate of drug-likeness (QED) is 0.657. The minimum Gasteiger partial charge on any atom is -0.212 e. The van der Waals surface area contributed by atoms with Crippen molar-refractivity contribution < 1.29 is 8.42 Å². The predicted octanol–water partition coefficient (Wildman–Crippen LogP) is 2.53. The van der Waals surface area contributed by atoms with Gasteiger partial charge in [0.15, 0.2) is 0 Å². The van der Waals surface area contributed by atoms with Crippen LogP contribution in [0.5, 0.6) is 0 Å². The third-order valence-corrected chi connectivity index (χ3v) is 3.95. The third-order valence-electron chi connectivity index (χ3n) is 2.58. The highest BCUT2D eigenvalue weighted by Crippen LogP contribution is 2.37. The Hall–Kier alpha value is 0.240. The van der Waals surface area contributed by atoms with E-state index < -0.39 is 9.05 Å². The van der Waals surface area contributed by atoms with E-state index in [4.69, 9.17) is 10.7 Å². The van der Waals surface area contributed by atoms with Gasteiger partial charge < -0.3 is 0 Å². The van der Waals surface area contributed by atoms with Crippen LogP contribution >= 0.6 is 10.7 Å². The number of hydrogen-bond acceptors (Lipinski definition) is 2. The summed E-state index contributed by atoms with van der Waals surface area (Å²) in [5.74, 6) is 0.140. The first kappa shape index (κ1) is 10.3. The van der Waals surface area contributed by atoms with Gasteiger partial charge in [-0.15, -0.1) is 0 Å². The smallest absolute Gasteiger partial charge is 0.212 e. The lowest BCUT2D eigenvalue weighted by molar-refractivity contribution is 0.248. The van der Waals surface area contributed by atoms with Crippen molar-refractivity contribution in [1.29, 1.82) is 0 Å². The molecular formula is C8H15ClO2S.